The molecule has 366 valence electrons. The van der Waals surface area contributed by atoms with Crippen LogP contribution in [0.2, 0.25) is 0 Å². The number of fused-ring (bicyclic) bond motifs is 3. The molecule has 0 fully saturated rings. The van der Waals surface area contributed by atoms with Gasteiger partial charge >= 0.3 is 12.4 Å². The molecular weight excluding hydrogens is 981 g/mol. The highest BCUT2D eigenvalue weighted by Crippen LogP contribution is 2.50. The van der Waals surface area contributed by atoms with Gasteiger partial charge in [0.15, 0.2) is 5.82 Å². The first-order valence-electron chi connectivity index (χ1n) is 23.8. The van der Waals surface area contributed by atoms with Crippen LogP contribution in [0.25, 0.3) is 106 Å². The zero-order chi connectivity index (χ0) is 53.6. The lowest BCUT2D eigenvalue weighted by molar-refractivity contribution is -0.137. The van der Waals surface area contributed by atoms with E-state index in [0.717, 1.165) is 12.1 Å². The van der Waals surface area contributed by atoms with Crippen molar-refractivity contribution in [3.63, 3.8) is 0 Å². The molecule has 0 aliphatic heterocycles. The smallest absolute Gasteiger partial charge is 0.308 e. The number of aromatic nitrogens is 3. The number of alkyl halides is 6. The summed E-state index contributed by atoms with van der Waals surface area (Å²) in [7, 11) is 0. The summed E-state index contributed by atoms with van der Waals surface area (Å²) in [5.74, 6) is 0.262. The minimum Gasteiger partial charge on any atom is -0.308 e. The summed E-state index contributed by atoms with van der Waals surface area (Å²) in [6.07, 6.45) is -9.90. The number of hydrogen-bond acceptors (Lipinski definition) is 6. The van der Waals surface area contributed by atoms with Gasteiger partial charge in [-0.1, -0.05) is 121 Å². The highest BCUT2D eigenvalue weighted by Gasteiger charge is 2.37. The van der Waals surface area contributed by atoms with Crippen LogP contribution in [-0.2, 0) is 12.4 Å². The molecule has 0 spiro atoms. The minimum absolute atomic E-state index is 0.0320. The van der Waals surface area contributed by atoms with Gasteiger partial charge in [0.1, 0.15) is 0 Å². The van der Waals surface area contributed by atoms with Gasteiger partial charge in [-0.15, -0.1) is 0 Å². The van der Waals surface area contributed by atoms with Crippen molar-refractivity contribution in [2.24, 2.45) is 0 Å². The third-order valence-electron chi connectivity index (χ3n) is 13.4. The van der Waals surface area contributed by atoms with E-state index in [1.54, 1.807) is 95.6 Å². The molecule has 7 nitrogen and oxygen atoms in total. The molecule has 0 N–H and O–H groups in total. The maximum atomic E-state index is 15.6. The van der Waals surface area contributed by atoms with Crippen LogP contribution in [0, 0.1) is 45.3 Å². The van der Waals surface area contributed by atoms with Crippen LogP contribution in [0.5, 0.6) is 0 Å². The lowest BCUT2D eigenvalue weighted by Crippen LogP contribution is -2.11. The Morgan fingerprint density at radius 2 is 0.779 bits per heavy atom. The Morgan fingerprint density at radius 1 is 0.351 bits per heavy atom. The summed E-state index contributed by atoms with van der Waals surface area (Å²) >= 11 is 0. The van der Waals surface area contributed by atoms with Crippen LogP contribution < -0.4 is 0 Å². The normalized spacial score (nSPS) is 11.5. The molecule has 0 aliphatic rings. The van der Waals surface area contributed by atoms with Gasteiger partial charge in [-0.05, 0) is 112 Å². The Morgan fingerprint density at radius 3 is 1.22 bits per heavy atom. The predicted octanol–water partition coefficient (Wildman–Crippen LogP) is 16.8. The second-order valence-corrected chi connectivity index (χ2v) is 18.0. The van der Waals surface area contributed by atoms with E-state index in [9.17, 15) is 21.0 Å². The fourth-order valence-corrected chi connectivity index (χ4v) is 9.95. The van der Waals surface area contributed by atoms with Crippen LogP contribution >= 0.6 is 0 Å². The quantitative estimate of drug-likeness (QED) is 0.140. The van der Waals surface area contributed by atoms with E-state index < -0.39 is 23.5 Å². The predicted molar refractivity (Wildman–Crippen MR) is 283 cm³/mol. The number of nitrogens with zero attached hydrogens (tertiary/aromatic N) is 7. The van der Waals surface area contributed by atoms with Gasteiger partial charge in [-0.2, -0.15) is 47.4 Å². The lowest BCUT2D eigenvalue weighted by Gasteiger charge is -2.24. The molecule has 0 amide bonds. The van der Waals surface area contributed by atoms with Crippen LogP contribution in [0.4, 0.5) is 26.3 Å². The Kier molecular flexibility index (Phi) is 12.2. The first-order valence-corrected chi connectivity index (χ1v) is 23.8. The Hall–Kier alpha value is -10.6. The number of halogens is 6. The molecule has 2 aromatic heterocycles. The number of benzene rings is 9. The molecule has 0 aliphatic carbocycles. The molecule has 77 heavy (non-hydrogen) atoms. The van der Waals surface area contributed by atoms with Gasteiger partial charge in [0.05, 0.1) is 85.8 Å². The minimum atomic E-state index is -4.95. The number of hydrogen-bond donors (Lipinski definition) is 0. The fourth-order valence-electron chi connectivity index (χ4n) is 9.95. The summed E-state index contributed by atoms with van der Waals surface area (Å²) in [6, 6.07) is 60.8. The molecule has 11 aromatic rings. The third kappa shape index (κ3) is 8.95. The average molecular weight is 1010 g/mol. The van der Waals surface area contributed by atoms with E-state index in [2.05, 4.69) is 12.1 Å². The SMILES string of the molecule is N#Cc1ccc(-c2ccc3c(c2)c2cc(-c4ccc(C#N)cc4C#N)ccc2n3-c2c(-c3ccccc3C(F)(F)F)cc(-c3cc(-c4ccccc4)nc(-c4ccccc4)n3)cc2-c2ccccc2C(F)(F)F)c(C#N)c1. The molecule has 0 bridgehead atoms. The first-order chi connectivity index (χ1) is 37.3. The maximum absolute atomic E-state index is 15.6. The molecule has 0 saturated heterocycles. The standard InChI is InChI=1S/C64H33F6N7/c65-63(66,67)55-17-9-7-15-49(55)53-31-44(58-33-57(40-11-3-1-4-12-40)75-62(76-58)41-13-5-2-6-14-41)32-54(50-16-8-10-18-56(50)64(68,69)70)61(53)77-59-25-21-42(47-23-19-38(34-71)27-45(47)36-73)29-51(59)52-30-43(22-26-60(52)77)48-24-20-39(35-72)28-46(48)37-74/h1-33H. The molecule has 2 heterocycles. The van der Waals surface area contributed by atoms with Crippen molar-refractivity contribution in [2.45, 2.75) is 12.4 Å². The Labute approximate surface area is 436 Å². The highest BCUT2D eigenvalue weighted by atomic mass is 19.4. The van der Waals surface area contributed by atoms with Crippen molar-refractivity contribution < 1.29 is 26.3 Å². The molecule has 0 saturated carbocycles. The van der Waals surface area contributed by atoms with Gasteiger partial charge in [0.25, 0.3) is 0 Å². The molecular formula is C64H33F6N7. The average Bonchev–Trinajstić information content (AvgIpc) is 4.07. The van der Waals surface area contributed by atoms with Crippen LogP contribution in [0.15, 0.2) is 200 Å². The van der Waals surface area contributed by atoms with Crippen molar-refractivity contribution in [2.75, 3.05) is 0 Å². The van der Waals surface area contributed by atoms with Crippen LogP contribution in [-0.4, -0.2) is 14.5 Å². The van der Waals surface area contributed by atoms with Crippen LogP contribution in [0.3, 0.4) is 0 Å². The van der Waals surface area contributed by atoms with Gasteiger partial charge in [0, 0.05) is 38.6 Å². The topological polar surface area (TPSA) is 126 Å². The van der Waals surface area contributed by atoms with E-state index in [0.29, 0.717) is 60.9 Å². The summed E-state index contributed by atoms with van der Waals surface area (Å²) in [5.41, 5.74) is 2.72. The highest BCUT2D eigenvalue weighted by molar-refractivity contribution is 6.13. The van der Waals surface area contributed by atoms with E-state index in [1.165, 1.54) is 60.7 Å². The van der Waals surface area contributed by atoms with Crippen molar-refractivity contribution in [1.82, 2.24) is 14.5 Å². The Bertz CT molecular complexity index is 4090. The Balaban J connectivity index is 1.32. The number of rotatable bonds is 8. The zero-order valence-corrected chi connectivity index (χ0v) is 40.0. The monoisotopic (exact) mass is 1010 g/mol. The van der Waals surface area contributed by atoms with Gasteiger partial charge in [-0.25, -0.2) is 9.97 Å². The van der Waals surface area contributed by atoms with Crippen molar-refractivity contribution >= 4 is 21.8 Å². The number of nitriles is 4. The summed E-state index contributed by atoms with van der Waals surface area (Å²) in [5, 5.41) is 40.9. The van der Waals surface area contributed by atoms with E-state index >= 15 is 26.3 Å². The van der Waals surface area contributed by atoms with Crippen molar-refractivity contribution in [3.05, 3.63) is 234 Å². The molecule has 0 radical (unpaired) electrons. The lowest BCUT2D eigenvalue weighted by atomic mass is 9.88. The molecule has 11 rings (SSSR count). The van der Waals surface area contributed by atoms with Gasteiger partial charge < -0.3 is 4.57 Å². The summed E-state index contributed by atoms with van der Waals surface area (Å²) in [6.45, 7) is 0. The second-order valence-electron chi connectivity index (χ2n) is 18.0. The summed E-state index contributed by atoms with van der Waals surface area (Å²) in [4.78, 5) is 9.89. The molecule has 0 unspecified atom stereocenters. The van der Waals surface area contributed by atoms with Crippen LogP contribution in [0.1, 0.15) is 33.4 Å². The van der Waals surface area contributed by atoms with Gasteiger partial charge in [-0.3, -0.25) is 0 Å². The first kappa shape index (κ1) is 48.7. The molecule has 9 aromatic carbocycles. The largest absolute Gasteiger partial charge is 0.417 e. The van der Waals surface area contributed by atoms with Gasteiger partial charge in [0.2, 0.25) is 0 Å². The summed E-state index contributed by atoms with van der Waals surface area (Å²) < 4.78 is 95.5. The van der Waals surface area contributed by atoms with Crippen molar-refractivity contribution in [3.8, 4) is 108 Å². The van der Waals surface area contributed by atoms with E-state index in [4.69, 9.17) is 9.97 Å². The van der Waals surface area contributed by atoms with E-state index in [1.807, 2.05) is 48.5 Å². The second kappa shape index (κ2) is 19.3. The maximum Gasteiger partial charge on any atom is 0.417 e. The molecule has 13 heteroatoms. The van der Waals surface area contributed by atoms with E-state index in [-0.39, 0.29) is 67.3 Å². The molecule has 0 atom stereocenters. The third-order valence-corrected chi connectivity index (χ3v) is 13.4. The van der Waals surface area contributed by atoms with Crippen molar-refractivity contribution in [1.29, 1.82) is 21.0 Å². The zero-order valence-electron chi connectivity index (χ0n) is 40.0. The fraction of sp³-hybridized carbons (Fsp3) is 0.0312.